The van der Waals surface area contributed by atoms with Crippen LogP contribution in [0.4, 0.5) is 0 Å². The third-order valence-corrected chi connectivity index (χ3v) is 2.58. The van der Waals surface area contributed by atoms with Crippen molar-refractivity contribution in [3.05, 3.63) is 47.2 Å². The molecule has 0 aliphatic rings. The Kier molecular flexibility index (Phi) is 6.01. The summed E-state index contributed by atoms with van der Waals surface area (Å²) in [5.74, 6) is 0. The number of halogens is 1. The molecule has 0 aliphatic heterocycles. The summed E-state index contributed by atoms with van der Waals surface area (Å²) in [4.78, 5) is 12.2. The zero-order valence-corrected chi connectivity index (χ0v) is 11.2. The molecule has 1 aromatic heterocycles. The minimum absolute atomic E-state index is 0.431. The molecule has 1 N–H and O–H groups in total. The van der Waals surface area contributed by atoms with Gasteiger partial charge < -0.3 is 9.72 Å². The van der Waals surface area contributed by atoms with Crippen LogP contribution in [-0.4, -0.2) is 18.1 Å². The smallest absolute Gasteiger partial charge is 0.293 e. The van der Waals surface area contributed by atoms with Gasteiger partial charge in [0, 0.05) is 17.4 Å². The second-order valence-corrected chi connectivity index (χ2v) is 4.05. The summed E-state index contributed by atoms with van der Waals surface area (Å²) >= 11 is 5.92. The maximum atomic E-state index is 9.18. The molecule has 0 aliphatic carbocycles. The maximum absolute atomic E-state index is 9.18. The monoisotopic (exact) mass is 265 g/mol. The van der Waals surface area contributed by atoms with Crippen molar-refractivity contribution < 1.29 is 9.53 Å². The SMILES string of the molecule is CCOC=O.Cc1ccc(Cl)cc1-c1cc[nH]c1. The number of H-pyrrole nitrogens is 1. The Morgan fingerprint density at radius 3 is 2.67 bits per heavy atom. The van der Waals surface area contributed by atoms with Crippen molar-refractivity contribution in [2.45, 2.75) is 13.8 Å². The predicted molar refractivity (Wildman–Crippen MR) is 73.7 cm³/mol. The third-order valence-electron chi connectivity index (χ3n) is 2.34. The second-order valence-electron chi connectivity index (χ2n) is 3.61. The normalized spacial score (nSPS) is 9.28. The van der Waals surface area contributed by atoms with Crippen LogP contribution in [0.2, 0.25) is 5.02 Å². The van der Waals surface area contributed by atoms with Gasteiger partial charge in [-0.2, -0.15) is 0 Å². The summed E-state index contributed by atoms with van der Waals surface area (Å²) < 4.78 is 4.15. The van der Waals surface area contributed by atoms with Crippen LogP contribution in [0, 0.1) is 6.92 Å². The average molecular weight is 266 g/mol. The van der Waals surface area contributed by atoms with Gasteiger partial charge in [0.2, 0.25) is 0 Å². The van der Waals surface area contributed by atoms with Crippen LogP contribution in [0.25, 0.3) is 11.1 Å². The van der Waals surface area contributed by atoms with E-state index in [0.717, 1.165) is 5.02 Å². The summed E-state index contributed by atoms with van der Waals surface area (Å²) in [7, 11) is 0. The van der Waals surface area contributed by atoms with E-state index >= 15 is 0 Å². The number of hydrogen-bond acceptors (Lipinski definition) is 2. The van der Waals surface area contributed by atoms with E-state index in [9.17, 15) is 4.79 Å². The zero-order valence-electron chi connectivity index (χ0n) is 10.4. The van der Waals surface area contributed by atoms with Gasteiger partial charge in [0.15, 0.2) is 0 Å². The molecule has 2 aromatic rings. The zero-order chi connectivity index (χ0) is 13.4. The van der Waals surface area contributed by atoms with Gasteiger partial charge in [-0.1, -0.05) is 17.7 Å². The number of aromatic nitrogens is 1. The van der Waals surface area contributed by atoms with Gasteiger partial charge >= 0.3 is 0 Å². The number of benzene rings is 1. The molecule has 18 heavy (non-hydrogen) atoms. The fraction of sp³-hybridized carbons (Fsp3) is 0.214. The van der Waals surface area contributed by atoms with Crippen LogP contribution in [0.3, 0.4) is 0 Å². The third kappa shape index (κ3) is 4.26. The van der Waals surface area contributed by atoms with Gasteiger partial charge in [0.1, 0.15) is 0 Å². The number of ether oxygens (including phenoxy) is 1. The van der Waals surface area contributed by atoms with E-state index < -0.39 is 0 Å². The van der Waals surface area contributed by atoms with Crippen molar-refractivity contribution >= 4 is 18.1 Å². The summed E-state index contributed by atoms with van der Waals surface area (Å²) in [6.07, 6.45) is 3.88. The first-order valence-electron chi connectivity index (χ1n) is 5.63. The summed E-state index contributed by atoms with van der Waals surface area (Å²) in [6.45, 7) is 4.75. The number of aromatic amines is 1. The minimum atomic E-state index is 0.431. The highest BCUT2D eigenvalue weighted by Gasteiger charge is 2.01. The average Bonchev–Trinajstić information content (AvgIpc) is 2.88. The molecule has 0 saturated carbocycles. The highest BCUT2D eigenvalue weighted by Crippen LogP contribution is 2.25. The Bertz CT molecular complexity index is 481. The largest absolute Gasteiger partial charge is 0.468 e. The lowest BCUT2D eigenvalue weighted by atomic mass is 10.0. The molecule has 0 fully saturated rings. The Morgan fingerprint density at radius 2 is 2.17 bits per heavy atom. The highest BCUT2D eigenvalue weighted by atomic mass is 35.5. The highest BCUT2D eigenvalue weighted by molar-refractivity contribution is 6.30. The lowest BCUT2D eigenvalue weighted by molar-refractivity contribution is -0.128. The van der Waals surface area contributed by atoms with Crippen molar-refractivity contribution in [2.24, 2.45) is 0 Å². The van der Waals surface area contributed by atoms with Gasteiger partial charge in [0.05, 0.1) is 6.61 Å². The number of nitrogens with one attached hydrogen (secondary N) is 1. The lowest BCUT2D eigenvalue weighted by Gasteiger charge is -2.03. The van der Waals surface area contributed by atoms with Crippen molar-refractivity contribution in [1.29, 1.82) is 0 Å². The van der Waals surface area contributed by atoms with E-state index in [0.29, 0.717) is 13.1 Å². The maximum Gasteiger partial charge on any atom is 0.293 e. The fourth-order valence-electron chi connectivity index (χ4n) is 1.46. The van der Waals surface area contributed by atoms with Crippen molar-refractivity contribution in [3.63, 3.8) is 0 Å². The number of carbonyl (C=O) groups is 1. The molecule has 4 heteroatoms. The van der Waals surface area contributed by atoms with Crippen LogP contribution < -0.4 is 0 Å². The Morgan fingerprint density at radius 1 is 1.39 bits per heavy atom. The van der Waals surface area contributed by atoms with Gasteiger partial charge in [-0.15, -0.1) is 0 Å². The van der Waals surface area contributed by atoms with Crippen LogP contribution in [0.15, 0.2) is 36.7 Å². The quantitative estimate of drug-likeness (QED) is 0.857. The Balaban J connectivity index is 0.000000280. The number of hydrogen-bond donors (Lipinski definition) is 1. The number of carbonyl (C=O) groups excluding carboxylic acids is 1. The lowest BCUT2D eigenvalue weighted by Crippen LogP contribution is -1.80. The minimum Gasteiger partial charge on any atom is -0.468 e. The molecule has 1 heterocycles. The van der Waals surface area contributed by atoms with E-state index in [4.69, 9.17) is 11.6 Å². The molecule has 0 atom stereocenters. The van der Waals surface area contributed by atoms with Gasteiger partial charge in [0.25, 0.3) is 6.47 Å². The first kappa shape index (κ1) is 14.3. The second kappa shape index (κ2) is 7.56. The van der Waals surface area contributed by atoms with Gasteiger partial charge in [-0.25, -0.2) is 0 Å². The molecule has 0 saturated heterocycles. The fourth-order valence-corrected chi connectivity index (χ4v) is 1.64. The van der Waals surface area contributed by atoms with E-state index in [1.54, 1.807) is 6.92 Å². The number of rotatable bonds is 3. The van der Waals surface area contributed by atoms with Crippen molar-refractivity contribution in [3.8, 4) is 11.1 Å². The van der Waals surface area contributed by atoms with Crippen LogP contribution >= 0.6 is 11.6 Å². The van der Waals surface area contributed by atoms with Crippen molar-refractivity contribution in [2.75, 3.05) is 6.61 Å². The molecule has 0 radical (unpaired) electrons. The molecule has 0 spiro atoms. The molecule has 96 valence electrons. The van der Waals surface area contributed by atoms with E-state index in [2.05, 4.69) is 16.6 Å². The van der Waals surface area contributed by atoms with E-state index in [1.165, 1.54) is 16.7 Å². The summed E-state index contributed by atoms with van der Waals surface area (Å²) in [6, 6.07) is 7.97. The molecule has 0 unspecified atom stereocenters. The molecular formula is C14H16ClNO2. The first-order valence-corrected chi connectivity index (χ1v) is 6.01. The van der Waals surface area contributed by atoms with Gasteiger partial charge in [-0.05, 0) is 48.7 Å². The molecule has 1 aromatic carbocycles. The molecular weight excluding hydrogens is 250 g/mol. The summed E-state index contributed by atoms with van der Waals surface area (Å²) in [5, 5.41) is 0.779. The Hall–Kier alpha value is -1.74. The summed E-state index contributed by atoms with van der Waals surface area (Å²) in [5.41, 5.74) is 3.61. The first-order chi connectivity index (χ1) is 8.69. The van der Waals surface area contributed by atoms with Crippen LogP contribution in [0.5, 0.6) is 0 Å². The molecule has 3 nitrogen and oxygen atoms in total. The van der Waals surface area contributed by atoms with Crippen LogP contribution in [0.1, 0.15) is 12.5 Å². The van der Waals surface area contributed by atoms with Crippen molar-refractivity contribution in [1.82, 2.24) is 4.98 Å². The molecule has 0 amide bonds. The number of aryl methyl sites for hydroxylation is 1. The van der Waals surface area contributed by atoms with E-state index in [-0.39, 0.29) is 0 Å². The Labute approximate surface area is 112 Å². The molecule has 2 rings (SSSR count). The standard InChI is InChI=1S/C11H10ClN.C3H6O2/c1-8-2-3-10(12)6-11(8)9-4-5-13-7-9;1-2-5-3-4/h2-7,13H,1H3;3H,2H2,1H3. The topological polar surface area (TPSA) is 42.1 Å². The van der Waals surface area contributed by atoms with Gasteiger partial charge in [-0.3, -0.25) is 4.79 Å². The van der Waals surface area contributed by atoms with E-state index in [1.807, 2.05) is 36.7 Å². The molecule has 0 bridgehead atoms. The predicted octanol–water partition coefficient (Wildman–Crippen LogP) is 3.82. The van der Waals surface area contributed by atoms with Crippen LogP contribution in [-0.2, 0) is 9.53 Å².